The summed E-state index contributed by atoms with van der Waals surface area (Å²) in [6.07, 6.45) is 10.6. The summed E-state index contributed by atoms with van der Waals surface area (Å²) in [5.41, 5.74) is -1.12. The Hall–Kier alpha value is -2.74. The second kappa shape index (κ2) is 14.9. The van der Waals surface area contributed by atoms with Crippen LogP contribution in [0.2, 0.25) is 0 Å². The van der Waals surface area contributed by atoms with Crippen LogP contribution < -0.4 is 21.3 Å². The average Bonchev–Trinajstić information content (AvgIpc) is 3.90. The van der Waals surface area contributed by atoms with Crippen molar-refractivity contribution in [2.75, 3.05) is 26.4 Å². The van der Waals surface area contributed by atoms with Crippen LogP contribution in [-0.2, 0) is 29.2 Å². The molecule has 0 unspecified atom stereocenters. The smallest absolute Gasteiger partial charge is 0.315 e. The highest BCUT2D eigenvalue weighted by atomic mass is 32.2. The summed E-state index contributed by atoms with van der Waals surface area (Å²) in [6, 6.07) is -3.27. The summed E-state index contributed by atoms with van der Waals surface area (Å²) in [4.78, 5) is 69.9. The van der Waals surface area contributed by atoms with Gasteiger partial charge in [-0.2, -0.15) is 0 Å². The predicted octanol–water partition coefficient (Wildman–Crippen LogP) is 2.44. The molecule has 1 aliphatic heterocycles. The van der Waals surface area contributed by atoms with E-state index in [0.29, 0.717) is 32.2 Å². The molecule has 4 aliphatic carbocycles. The van der Waals surface area contributed by atoms with Crippen molar-refractivity contribution < 1.29 is 32.4 Å². The Morgan fingerprint density at radius 1 is 0.898 bits per heavy atom. The molecule has 1 heterocycles. The number of nitrogens with zero attached hydrogens (tertiary/aromatic N) is 2. The SMILES string of the molecule is CCC[C@H](NC(=O)[C@@H]1[C@@H]2[C@H](CN1C(=O)[C@@H](NC(=O)NC1(CS(=O)(=O)N(C)C)CCCCC1)C1CCCCC1)C2(C)C)C(=O)C(=O)NC1CC1. The Bertz CT molecular complexity index is 1380. The van der Waals surface area contributed by atoms with E-state index in [9.17, 15) is 32.4 Å². The van der Waals surface area contributed by atoms with Crippen molar-refractivity contribution in [3.63, 3.8) is 0 Å². The number of ketones is 1. The summed E-state index contributed by atoms with van der Waals surface area (Å²) in [7, 11) is -0.641. The van der Waals surface area contributed by atoms with E-state index in [1.807, 2.05) is 6.92 Å². The molecule has 5 atom stereocenters. The maximum atomic E-state index is 14.6. The molecule has 0 bridgehead atoms. The minimum atomic E-state index is -3.62. The van der Waals surface area contributed by atoms with Crippen molar-refractivity contribution in [2.45, 2.75) is 140 Å². The van der Waals surface area contributed by atoms with Crippen LogP contribution in [0.25, 0.3) is 0 Å². The fraction of sp³-hybridized carbons (Fsp3) is 0.857. The van der Waals surface area contributed by atoms with Gasteiger partial charge in [0.15, 0.2) is 0 Å². The molecular formula is C35H58N6O7S. The summed E-state index contributed by atoms with van der Waals surface area (Å²) < 4.78 is 27.1. The highest BCUT2D eigenvalue weighted by Gasteiger charge is 2.69. The highest BCUT2D eigenvalue weighted by Crippen LogP contribution is 2.65. The fourth-order valence-electron chi connectivity index (χ4n) is 8.73. The minimum Gasteiger partial charge on any atom is -0.347 e. The van der Waals surface area contributed by atoms with E-state index in [1.54, 1.807) is 4.90 Å². The number of piperidine rings is 1. The number of carbonyl (C=O) groups excluding carboxylic acids is 5. The fourth-order valence-corrected chi connectivity index (χ4v) is 10.0. The number of amides is 5. The molecule has 5 aliphatic rings. The molecule has 5 amide bonds. The lowest BCUT2D eigenvalue weighted by atomic mass is 9.82. The molecule has 14 heteroatoms. The van der Waals surface area contributed by atoms with Crippen LogP contribution in [0.5, 0.6) is 0 Å². The third kappa shape index (κ3) is 8.43. The van der Waals surface area contributed by atoms with Gasteiger partial charge in [0, 0.05) is 26.7 Å². The summed E-state index contributed by atoms with van der Waals surface area (Å²) in [5.74, 6) is -2.50. The number of carbonyl (C=O) groups is 5. The number of hydrogen-bond acceptors (Lipinski definition) is 7. The van der Waals surface area contributed by atoms with Gasteiger partial charge < -0.3 is 26.2 Å². The van der Waals surface area contributed by atoms with Gasteiger partial charge in [-0.15, -0.1) is 0 Å². The molecule has 0 radical (unpaired) electrons. The number of fused-ring (bicyclic) bond motifs is 1. The molecule has 1 saturated heterocycles. The quantitative estimate of drug-likeness (QED) is 0.201. The maximum absolute atomic E-state index is 14.6. The van der Waals surface area contributed by atoms with Gasteiger partial charge in [0.05, 0.1) is 17.3 Å². The standard InChI is InChI=1S/C35H58N6O7S/c1-6-13-25(29(42)31(44)36-23-16-17-23)37-30(43)28-26-24(34(26,2)3)20-41(28)32(45)27(22-14-9-7-10-15-22)38-33(46)39-35(18-11-8-12-19-35)21-49(47,48)40(4)5/h22-28H,6-21H2,1-5H3,(H,36,44)(H,37,43)(H2,38,39,46)/t24-,25-,26-,27-,28-/m0/s1. The summed E-state index contributed by atoms with van der Waals surface area (Å²) in [6.45, 7) is 6.41. The van der Waals surface area contributed by atoms with Gasteiger partial charge in [-0.05, 0) is 68.1 Å². The Morgan fingerprint density at radius 2 is 1.53 bits per heavy atom. The lowest BCUT2D eigenvalue weighted by molar-refractivity contribution is -0.145. The summed E-state index contributed by atoms with van der Waals surface area (Å²) in [5, 5.41) is 11.6. The van der Waals surface area contributed by atoms with Crippen LogP contribution in [0.15, 0.2) is 0 Å². The largest absolute Gasteiger partial charge is 0.347 e. The van der Waals surface area contributed by atoms with Crippen LogP contribution in [0, 0.1) is 23.2 Å². The van der Waals surface area contributed by atoms with Gasteiger partial charge in [0.2, 0.25) is 27.6 Å². The number of Topliss-reactive ketones (excluding diaryl/α,β-unsaturated/α-hetero) is 1. The van der Waals surface area contributed by atoms with Crippen molar-refractivity contribution in [2.24, 2.45) is 23.2 Å². The van der Waals surface area contributed by atoms with Gasteiger partial charge in [-0.25, -0.2) is 17.5 Å². The zero-order valence-corrected chi connectivity index (χ0v) is 30.8. The molecule has 276 valence electrons. The zero-order valence-electron chi connectivity index (χ0n) is 30.0. The molecule has 4 N–H and O–H groups in total. The van der Waals surface area contributed by atoms with Gasteiger partial charge >= 0.3 is 6.03 Å². The van der Waals surface area contributed by atoms with Gasteiger partial charge in [-0.3, -0.25) is 19.2 Å². The maximum Gasteiger partial charge on any atom is 0.315 e. The van der Waals surface area contributed by atoms with Crippen LogP contribution >= 0.6 is 0 Å². The van der Waals surface area contributed by atoms with E-state index >= 15 is 0 Å². The van der Waals surface area contributed by atoms with E-state index in [1.165, 1.54) is 18.4 Å². The molecule has 13 nitrogen and oxygen atoms in total. The van der Waals surface area contributed by atoms with E-state index in [-0.39, 0.29) is 40.9 Å². The number of hydrogen-bond donors (Lipinski definition) is 4. The molecule has 0 spiro atoms. The first-order valence-corrected chi connectivity index (χ1v) is 20.2. The first-order chi connectivity index (χ1) is 23.1. The molecule has 5 fully saturated rings. The van der Waals surface area contributed by atoms with E-state index in [4.69, 9.17) is 0 Å². The third-order valence-electron chi connectivity index (χ3n) is 12.0. The zero-order chi connectivity index (χ0) is 35.7. The van der Waals surface area contributed by atoms with E-state index in [0.717, 1.165) is 64.2 Å². The topological polar surface area (TPSA) is 174 Å². The number of sulfonamides is 1. The first-order valence-electron chi connectivity index (χ1n) is 18.5. The van der Waals surface area contributed by atoms with Crippen molar-refractivity contribution in [1.29, 1.82) is 0 Å². The van der Waals surface area contributed by atoms with Crippen molar-refractivity contribution in [3.8, 4) is 0 Å². The second-order valence-corrected chi connectivity index (χ2v) is 18.4. The highest BCUT2D eigenvalue weighted by molar-refractivity contribution is 7.89. The first kappa shape index (κ1) is 37.5. The van der Waals surface area contributed by atoms with Crippen LogP contribution in [-0.4, -0.2) is 103 Å². The Kier molecular flexibility index (Phi) is 11.4. The molecule has 49 heavy (non-hydrogen) atoms. The normalized spacial score (nSPS) is 27.4. The van der Waals surface area contributed by atoms with E-state index < -0.39 is 57.3 Å². The number of likely N-dealkylation sites (tertiary alicyclic amines) is 1. The van der Waals surface area contributed by atoms with Gasteiger partial charge in [0.1, 0.15) is 12.1 Å². The Balaban J connectivity index is 1.35. The van der Waals surface area contributed by atoms with Crippen LogP contribution in [0.3, 0.4) is 0 Å². The van der Waals surface area contributed by atoms with Gasteiger partial charge in [0.25, 0.3) is 5.91 Å². The lowest BCUT2D eigenvalue weighted by Gasteiger charge is -2.40. The van der Waals surface area contributed by atoms with Crippen LogP contribution in [0.1, 0.15) is 111 Å². The number of urea groups is 1. The van der Waals surface area contributed by atoms with Crippen LogP contribution in [0.4, 0.5) is 4.79 Å². The predicted molar refractivity (Wildman–Crippen MR) is 185 cm³/mol. The number of nitrogens with one attached hydrogen (secondary N) is 4. The number of rotatable bonds is 14. The lowest BCUT2D eigenvalue weighted by Crippen LogP contribution is -2.63. The van der Waals surface area contributed by atoms with Crippen molar-refractivity contribution >= 4 is 39.6 Å². The van der Waals surface area contributed by atoms with Crippen molar-refractivity contribution in [3.05, 3.63) is 0 Å². The van der Waals surface area contributed by atoms with Crippen molar-refractivity contribution in [1.82, 2.24) is 30.5 Å². The van der Waals surface area contributed by atoms with Gasteiger partial charge in [-0.1, -0.05) is 65.7 Å². The monoisotopic (exact) mass is 706 g/mol. The Labute approximate surface area is 291 Å². The Morgan fingerprint density at radius 3 is 2.12 bits per heavy atom. The second-order valence-electron chi connectivity index (χ2n) is 16.2. The summed E-state index contributed by atoms with van der Waals surface area (Å²) >= 11 is 0. The third-order valence-corrected chi connectivity index (χ3v) is 14.0. The molecule has 4 saturated carbocycles. The molecule has 0 aromatic rings. The van der Waals surface area contributed by atoms with E-state index in [2.05, 4.69) is 35.1 Å². The molecule has 0 aromatic heterocycles. The molecule has 0 aromatic carbocycles. The molecule has 5 rings (SSSR count). The average molecular weight is 707 g/mol. The minimum absolute atomic E-state index is 0.0113. The molecular weight excluding hydrogens is 648 g/mol.